The van der Waals surface area contributed by atoms with Gasteiger partial charge in [0.15, 0.2) is 0 Å². The molecule has 0 aliphatic carbocycles. The van der Waals surface area contributed by atoms with E-state index in [-0.39, 0.29) is 26.0 Å². The lowest BCUT2D eigenvalue weighted by atomic mass is 10.1. The average Bonchev–Trinajstić information content (AvgIpc) is 3.11. The first-order valence-corrected chi connectivity index (χ1v) is 11.1. The number of nitrogens with one attached hydrogen (secondary N) is 2. The van der Waals surface area contributed by atoms with Crippen LogP contribution in [-0.2, 0) is 4.74 Å². The molecule has 0 aliphatic heterocycles. The molecule has 1 heterocycles. The first-order valence-electron chi connectivity index (χ1n) is 9.58. The number of hydrogen-bond acceptors (Lipinski definition) is 7. The minimum atomic E-state index is -0.761. The monoisotopic (exact) mass is 521 g/mol. The van der Waals surface area contributed by atoms with Gasteiger partial charge in [-0.1, -0.05) is 29.3 Å². The molecule has 0 aliphatic rings. The number of ether oxygens (including phenoxy) is 1. The Morgan fingerprint density at radius 2 is 1.71 bits per heavy atom. The number of carbonyl (C=O) groups excluding carboxylic acids is 3. The first-order chi connectivity index (χ1) is 16.0. The Morgan fingerprint density at radius 3 is 2.32 bits per heavy atom. The molecule has 0 saturated carbocycles. The second-order valence-corrected chi connectivity index (χ2v) is 8.88. The van der Waals surface area contributed by atoms with E-state index in [9.17, 15) is 24.5 Å². The van der Waals surface area contributed by atoms with Gasteiger partial charge in [-0.15, -0.1) is 11.3 Å². The summed E-state index contributed by atoms with van der Waals surface area (Å²) >= 11 is 12.8. The van der Waals surface area contributed by atoms with Gasteiger partial charge < -0.3 is 15.4 Å². The van der Waals surface area contributed by atoms with Gasteiger partial charge in [0.1, 0.15) is 10.0 Å². The predicted molar refractivity (Wildman–Crippen MR) is 131 cm³/mol. The fraction of sp³-hybridized carbons (Fsp3) is 0.136. The Labute approximate surface area is 207 Å². The highest BCUT2D eigenvalue weighted by atomic mass is 35.5. The molecule has 0 fully saturated rings. The summed E-state index contributed by atoms with van der Waals surface area (Å²) in [5.74, 6) is -2.01. The van der Waals surface area contributed by atoms with Crippen LogP contribution >= 0.6 is 34.5 Å². The predicted octanol–water partition coefficient (Wildman–Crippen LogP) is 5.87. The van der Waals surface area contributed by atoms with Crippen LogP contribution in [0.15, 0.2) is 36.4 Å². The zero-order chi connectivity index (χ0) is 25.2. The number of nitro benzene ring substituents is 1. The molecule has 2 aromatic carbocycles. The summed E-state index contributed by atoms with van der Waals surface area (Å²) < 4.78 is 4.81. The first kappa shape index (κ1) is 25.2. The van der Waals surface area contributed by atoms with E-state index in [1.165, 1.54) is 19.2 Å². The normalized spacial score (nSPS) is 10.5. The van der Waals surface area contributed by atoms with E-state index in [4.69, 9.17) is 27.9 Å². The van der Waals surface area contributed by atoms with Crippen molar-refractivity contribution in [2.45, 2.75) is 13.8 Å². The van der Waals surface area contributed by atoms with Crippen molar-refractivity contribution < 1.29 is 24.0 Å². The molecule has 2 N–H and O–H groups in total. The molecule has 12 heteroatoms. The highest BCUT2D eigenvalue weighted by molar-refractivity contribution is 7.19. The third-order valence-electron chi connectivity index (χ3n) is 4.80. The van der Waals surface area contributed by atoms with Crippen molar-refractivity contribution >= 4 is 68.7 Å². The van der Waals surface area contributed by atoms with E-state index in [1.807, 2.05) is 6.92 Å². The number of rotatable bonds is 6. The molecule has 0 unspecified atom stereocenters. The van der Waals surface area contributed by atoms with Crippen LogP contribution in [0.2, 0.25) is 10.0 Å². The van der Waals surface area contributed by atoms with Crippen LogP contribution in [-0.4, -0.2) is 29.8 Å². The highest BCUT2D eigenvalue weighted by Crippen LogP contribution is 2.35. The van der Waals surface area contributed by atoms with E-state index < -0.39 is 28.4 Å². The molecule has 2 amide bonds. The Morgan fingerprint density at radius 1 is 1.00 bits per heavy atom. The second-order valence-electron chi connectivity index (χ2n) is 7.05. The van der Waals surface area contributed by atoms with Crippen LogP contribution in [0.5, 0.6) is 0 Å². The summed E-state index contributed by atoms with van der Waals surface area (Å²) in [4.78, 5) is 48.7. The van der Waals surface area contributed by atoms with Gasteiger partial charge >= 0.3 is 5.97 Å². The fourth-order valence-electron chi connectivity index (χ4n) is 2.99. The van der Waals surface area contributed by atoms with Crippen LogP contribution in [0, 0.1) is 24.0 Å². The molecule has 0 saturated heterocycles. The molecule has 3 rings (SSSR count). The van der Waals surface area contributed by atoms with Crippen LogP contribution in [0.25, 0.3) is 0 Å². The number of thiophene rings is 1. The lowest BCUT2D eigenvalue weighted by Crippen LogP contribution is -2.14. The number of methoxy groups -OCH3 is 1. The molecule has 0 bridgehead atoms. The van der Waals surface area contributed by atoms with Crippen molar-refractivity contribution in [2.75, 3.05) is 17.7 Å². The summed E-state index contributed by atoms with van der Waals surface area (Å²) in [5, 5.41) is 16.8. The molecular formula is C22H17Cl2N3O6S. The number of benzene rings is 2. The molecule has 3 aromatic rings. The highest BCUT2D eigenvalue weighted by Gasteiger charge is 2.27. The smallest absolute Gasteiger partial charge is 0.341 e. The van der Waals surface area contributed by atoms with Gasteiger partial charge in [-0.25, -0.2) is 4.79 Å². The van der Waals surface area contributed by atoms with Gasteiger partial charge in [0, 0.05) is 22.3 Å². The number of carbonyl (C=O) groups is 3. The third kappa shape index (κ3) is 5.19. The van der Waals surface area contributed by atoms with E-state index in [1.54, 1.807) is 25.1 Å². The molecule has 1 aromatic heterocycles. The van der Waals surface area contributed by atoms with Crippen LogP contribution in [0.4, 0.5) is 16.4 Å². The number of aryl methyl sites for hydroxylation is 1. The van der Waals surface area contributed by atoms with Crippen LogP contribution in [0.3, 0.4) is 0 Å². The third-order valence-corrected chi connectivity index (χ3v) is 6.74. The van der Waals surface area contributed by atoms with Crippen LogP contribution < -0.4 is 10.6 Å². The molecule has 0 spiro atoms. The molecule has 9 nitrogen and oxygen atoms in total. The molecule has 176 valence electrons. The summed E-state index contributed by atoms with van der Waals surface area (Å²) in [6, 6.07) is 8.56. The van der Waals surface area contributed by atoms with Gasteiger partial charge in [0.2, 0.25) is 0 Å². The number of nitrogens with zero attached hydrogens (tertiary/aromatic N) is 1. The number of hydrogen-bond donors (Lipinski definition) is 2. The van der Waals surface area contributed by atoms with Gasteiger partial charge in [0.05, 0.1) is 22.5 Å². The van der Waals surface area contributed by atoms with E-state index in [0.717, 1.165) is 23.0 Å². The van der Waals surface area contributed by atoms with Gasteiger partial charge in [-0.05, 0) is 49.2 Å². The maximum Gasteiger partial charge on any atom is 0.341 e. The summed E-state index contributed by atoms with van der Waals surface area (Å²) in [6.45, 7) is 3.37. The van der Waals surface area contributed by atoms with Crippen molar-refractivity contribution in [3.63, 3.8) is 0 Å². The summed E-state index contributed by atoms with van der Waals surface area (Å²) in [7, 11) is 1.17. The second kappa shape index (κ2) is 10.2. The Kier molecular flexibility index (Phi) is 7.55. The number of esters is 1. The van der Waals surface area contributed by atoms with Crippen molar-refractivity contribution in [3.05, 3.63) is 83.7 Å². The summed E-state index contributed by atoms with van der Waals surface area (Å²) in [6.07, 6.45) is 0. The lowest BCUT2D eigenvalue weighted by molar-refractivity contribution is -0.384. The fourth-order valence-corrected chi connectivity index (χ4v) is 4.45. The van der Waals surface area contributed by atoms with Crippen molar-refractivity contribution in [1.29, 1.82) is 0 Å². The van der Waals surface area contributed by atoms with Gasteiger partial charge in [0.25, 0.3) is 17.5 Å². The Bertz CT molecular complexity index is 1340. The maximum absolute atomic E-state index is 12.9. The molecule has 0 atom stereocenters. The van der Waals surface area contributed by atoms with E-state index in [0.29, 0.717) is 16.3 Å². The van der Waals surface area contributed by atoms with Crippen molar-refractivity contribution in [3.8, 4) is 0 Å². The number of amides is 2. The molecule has 34 heavy (non-hydrogen) atoms. The Hall–Kier alpha value is -3.47. The van der Waals surface area contributed by atoms with Gasteiger partial charge in [-0.3, -0.25) is 19.7 Å². The zero-order valence-electron chi connectivity index (χ0n) is 18.0. The van der Waals surface area contributed by atoms with Crippen LogP contribution in [0.1, 0.15) is 41.5 Å². The Balaban J connectivity index is 1.95. The number of halogens is 2. The topological polar surface area (TPSA) is 128 Å². The summed E-state index contributed by atoms with van der Waals surface area (Å²) in [5.41, 5.74) is 1.08. The minimum absolute atomic E-state index is 0.00333. The van der Waals surface area contributed by atoms with Gasteiger partial charge in [-0.2, -0.15) is 0 Å². The van der Waals surface area contributed by atoms with Crippen molar-refractivity contribution in [1.82, 2.24) is 0 Å². The number of nitro groups is 1. The minimum Gasteiger partial charge on any atom is -0.465 e. The van der Waals surface area contributed by atoms with Crippen molar-refractivity contribution in [2.24, 2.45) is 0 Å². The standard InChI is InChI=1S/C22H17Cl2N3O6S/c1-10-4-6-13(9-15(10)24)25-20(29)18-11(2)17(22(30)33-3)21(34-18)26-19(28)12-5-7-14(23)16(8-12)27(31)32/h4-9H,1-3H3,(H,25,29)(H,26,28). The molecule has 0 radical (unpaired) electrons. The SMILES string of the molecule is COC(=O)c1c(NC(=O)c2ccc(Cl)c([N+](=O)[O-])c2)sc(C(=O)Nc2ccc(C)c(Cl)c2)c1C. The van der Waals surface area contributed by atoms with E-state index in [2.05, 4.69) is 10.6 Å². The molecular weight excluding hydrogens is 505 g/mol. The lowest BCUT2D eigenvalue weighted by Gasteiger charge is -2.07. The maximum atomic E-state index is 12.9. The average molecular weight is 522 g/mol. The quantitative estimate of drug-likeness (QED) is 0.237. The number of anilines is 2. The zero-order valence-corrected chi connectivity index (χ0v) is 20.4. The van der Waals surface area contributed by atoms with E-state index >= 15 is 0 Å². The largest absolute Gasteiger partial charge is 0.465 e.